The van der Waals surface area contributed by atoms with E-state index in [4.69, 9.17) is 9.47 Å². The number of imidazole rings is 1. The SMILES string of the molecule is CN=C(NCCCc1ccc(OC)c(OC)c1)NCCCn1c(C)nc2ccccc21.I. The van der Waals surface area contributed by atoms with Crippen LogP contribution in [-0.4, -0.2) is 49.9 Å². The zero-order valence-corrected chi connectivity index (χ0v) is 21.7. The van der Waals surface area contributed by atoms with Crippen molar-refractivity contribution in [1.29, 1.82) is 0 Å². The largest absolute Gasteiger partial charge is 0.493 e. The van der Waals surface area contributed by atoms with Crippen molar-refractivity contribution in [2.75, 3.05) is 34.4 Å². The maximum absolute atomic E-state index is 5.38. The fraction of sp³-hybridized carbons (Fsp3) is 0.417. The molecule has 0 fully saturated rings. The van der Waals surface area contributed by atoms with Gasteiger partial charge in [-0.1, -0.05) is 18.2 Å². The summed E-state index contributed by atoms with van der Waals surface area (Å²) in [5.41, 5.74) is 3.47. The fourth-order valence-electron chi connectivity index (χ4n) is 3.68. The summed E-state index contributed by atoms with van der Waals surface area (Å²) in [5, 5.41) is 6.79. The molecule has 0 aliphatic heterocycles. The van der Waals surface area contributed by atoms with Crippen LogP contribution in [0.2, 0.25) is 0 Å². The molecule has 8 heteroatoms. The van der Waals surface area contributed by atoms with Gasteiger partial charge in [0.05, 0.1) is 25.3 Å². The molecule has 7 nitrogen and oxygen atoms in total. The van der Waals surface area contributed by atoms with Crippen molar-refractivity contribution in [3.05, 3.63) is 53.9 Å². The average molecular weight is 551 g/mol. The molecule has 3 aromatic rings. The molecule has 0 spiro atoms. The van der Waals surface area contributed by atoms with Crippen LogP contribution in [0.1, 0.15) is 24.2 Å². The number of hydrogen-bond acceptors (Lipinski definition) is 4. The van der Waals surface area contributed by atoms with Crippen molar-refractivity contribution < 1.29 is 9.47 Å². The minimum atomic E-state index is 0. The molecule has 0 saturated heterocycles. The Bertz CT molecular complexity index is 1020. The average Bonchev–Trinajstić information content (AvgIpc) is 3.12. The van der Waals surface area contributed by atoms with E-state index in [0.29, 0.717) is 0 Å². The number of rotatable bonds is 10. The van der Waals surface area contributed by atoms with E-state index in [9.17, 15) is 0 Å². The Morgan fingerprint density at radius 1 is 1.00 bits per heavy atom. The molecule has 32 heavy (non-hydrogen) atoms. The molecule has 174 valence electrons. The first kappa shape index (κ1) is 25.8. The number of nitrogens with one attached hydrogen (secondary N) is 2. The van der Waals surface area contributed by atoms with Crippen molar-refractivity contribution in [3.63, 3.8) is 0 Å². The quantitative estimate of drug-likeness (QED) is 0.171. The van der Waals surface area contributed by atoms with E-state index in [1.807, 2.05) is 18.2 Å². The van der Waals surface area contributed by atoms with Gasteiger partial charge in [-0.3, -0.25) is 4.99 Å². The van der Waals surface area contributed by atoms with Crippen molar-refractivity contribution in [2.45, 2.75) is 32.7 Å². The molecule has 0 bridgehead atoms. The number of aromatic nitrogens is 2. The normalized spacial score (nSPS) is 11.2. The van der Waals surface area contributed by atoms with Gasteiger partial charge in [0.15, 0.2) is 17.5 Å². The molecule has 2 aromatic carbocycles. The Labute approximate surface area is 207 Å². The van der Waals surface area contributed by atoms with Crippen molar-refractivity contribution in [1.82, 2.24) is 20.2 Å². The third-order valence-corrected chi connectivity index (χ3v) is 5.30. The van der Waals surface area contributed by atoms with Gasteiger partial charge in [-0.2, -0.15) is 0 Å². The van der Waals surface area contributed by atoms with E-state index < -0.39 is 0 Å². The summed E-state index contributed by atoms with van der Waals surface area (Å²) < 4.78 is 12.9. The number of nitrogens with zero attached hydrogens (tertiary/aromatic N) is 3. The summed E-state index contributed by atoms with van der Waals surface area (Å²) in [6.07, 6.45) is 2.95. The van der Waals surface area contributed by atoms with Crippen LogP contribution >= 0.6 is 24.0 Å². The fourth-order valence-corrected chi connectivity index (χ4v) is 3.68. The second kappa shape index (κ2) is 13.1. The smallest absolute Gasteiger partial charge is 0.190 e. The minimum absolute atomic E-state index is 0. The molecule has 0 aliphatic rings. The molecule has 2 N–H and O–H groups in total. The number of para-hydroxylation sites is 2. The predicted molar refractivity (Wildman–Crippen MR) is 142 cm³/mol. The number of guanidine groups is 1. The summed E-state index contributed by atoms with van der Waals surface area (Å²) in [4.78, 5) is 8.95. The number of benzene rings is 2. The van der Waals surface area contributed by atoms with Gasteiger partial charge in [0.1, 0.15) is 5.82 Å². The van der Waals surface area contributed by atoms with Gasteiger partial charge in [0.2, 0.25) is 0 Å². The van der Waals surface area contributed by atoms with Gasteiger partial charge >= 0.3 is 0 Å². The summed E-state index contributed by atoms with van der Waals surface area (Å²) in [7, 11) is 5.12. The van der Waals surface area contributed by atoms with Crippen LogP contribution in [-0.2, 0) is 13.0 Å². The third kappa shape index (κ3) is 6.75. The lowest BCUT2D eigenvalue weighted by Gasteiger charge is -2.13. The zero-order chi connectivity index (χ0) is 22.1. The summed E-state index contributed by atoms with van der Waals surface area (Å²) >= 11 is 0. The number of ether oxygens (including phenoxy) is 2. The molecule has 1 aromatic heterocycles. The maximum atomic E-state index is 5.38. The first-order valence-corrected chi connectivity index (χ1v) is 10.7. The van der Waals surface area contributed by atoms with Gasteiger partial charge < -0.3 is 24.7 Å². The molecule has 0 amide bonds. The van der Waals surface area contributed by atoms with E-state index in [0.717, 1.165) is 67.7 Å². The first-order valence-electron chi connectivity index (χ1n) is 10.7. The number of fused-ring (bicyclic) bond motifs is 1. The highest BCUT2D eigenvalue weighted by Gasteiger charge is 2.07. The zero-order valence-electron chi connectivity index (χ0n) is 19.4. The summed E-state index contributed by atoms with van der Waals surface area (Å²) in [6.45, 7) is 4.68. The molecule has 0 atom stereocenters. The van der Waals surface area contributed by atoms with Crippen LogP contribution in [0.4, 0.5) is 0 Å². The number of hydrogen-bond donors (Lipinski definition) is 2. The van der Waals surface area contributed by atoms with Crippen LogP contribution in [0.15, 0.2) is 47.5 Å². The second-order valence-electron chi connectivity index (χ2n) is 7.37. The molecule has 0 radical (unpaired) electrons. The maximum Gasteiger partial charge on any atom is 0.190 e. The molecule has 0 saturated carbocycles. The van der Waals surface area contributed by atoms with Gasteiger partial charge in [-0.15, -0.1) is 24.0 Å². The summed E-state index contributed by atoms with van der Waals surface area (Å²) in [5.74, 6) is 3.41. The molecular formula is C24H34IN5O2. The lowest BCUT2D eigenvalue weighted by Crippen LogP contribution is -2.38. The number of halogens is 1. The van der Waals surface area contributed by atoms with Crippen molar-refractivity contribution >= 4 is 41.0 Å². The topological polar surface area (TPSA) is 72.7 Å². The van der Waals surface area contributed by atoms with Crippen LogP contribution in [0.25, 0.3) is 11.0 Å². The van der Waals surface area contributed by atoms with Crippen molar-refractivity contribution in [3.8, 4) is 11.5 Å². The van der Waals surface area contributed by atoms with E-state index in [1.165, 1.54) is 11.1 Å². The molecule has 0 unspecified atom stereocenters. The highest BCUT2D eigenvalue weighted by Crippen LogP contribution is 2.27. The predicted octanol–water partition coefficient (Wildman–Crippen LogP) is 4.17. The van der Waals surface area contributed by atoms with Crippen LogP contribution in [0.3, 0.4) is 0 Å². The summed E-state index contributed by atoms with van der Waals surface area (Å²) in [6, 6.07) is 14.3. The van der Waals surface area contributed by atoms with Crippen LogP contribution < -0.4 is 20.1 Å². The molecule has 3 rings (SSSR count). The number of aliphatic imine (C=N–C) groups is 1. The van der Waals surface area contributed by atoms with E-state index >= 15 is 0 Å². The highest BCUT2D eigenvalue weighted by molar-refractivity contribution is 14.0. The Balaban J connectivity index is 0.00000363. The monoisotopic (exact) mass is 551 g/mol. The Morgan fingerprint density at radius 2 is 1.72 bits per heavy atom. The second-order valence-corrected chi connectivity index (χ2v) is 7.37. The van der Waals surface area contributed by atoms with Gasteiger partial charge in [-0.05, 0) is 56.0 Å². The first-order chi connectivity index (χ1) is 15.2. The Hall–Kier alpha value is -2.49. The van der Waals surface area contributed by atoms with Crippen LogP contribution in [0.5, 0.6) is 11.5 Å². The van der Waals surface area contributed by atoms with E-state index in [1.54, 1.807) is 21.3 Å². The van der Waals surface area contributed by atoms with Crippen LogP contribution in [0, 0.1) is 6.92 Å². The molecule has 1 heterocycles. The number of methoxy groups -OCH3 is 2. The van der Waals surface area contributed by atoms with Gasteiger partial charge in [0, 0.05) is 26.7 Å². The molecule has 0 aliphatic carbocycles. The lowest BCUT2D eigenvalue weighted by molar-refractivity contribution is 0.354. The minimum Gasteiger partial charge on any atom is -0.493 e. The molecular weight excluding hydrogens is 517 g/mol. The highest BCUT2D eigenvalue weighted by atomic mass is 127. The lowest BCUT2D eigenvalue weighted by atomic mass is 10.1. The number of aryl methyl sites for hydroxylation is 3. The van der Waals surface area contributed by atoms with E-state index in [2.05, 4.69) is 56.4 Å². The van der Waals surface area contributed by atoms with Gasteiger partial charge in [-0.25, -0.2) is 4.98 Å². The van der Waals surface area contributed by atoms with Gasteiger partial charge in [0.25, 0.3) is 0 Å². The standard InChI is InChI=1S/C24H33N5O2.HI/c1-18-28-20-10-5-6-11-21(20)29(18)16-8-15-27-24(25-2)26-14-7-9-19-12-13-22(30-3)23(17-19)31-4;/h5-6,10-13,17H,7-9,14-16H2,1-4H3,(H2,25,26,27);1H. The van der Waals surface area contributed by atoms with Crippen molar-refractivity contribution in [2.24, 2.45) is 4.99 Å². The third-order valence-electron chi connectivity index (χ3n) is 5.30. The Morgan fingerprint density at radius 3 is 2.44 bits per heavy atom. The van der Waals surface area contributed by atoms with E-state index in [-0.39, 0.29) is 24.0 Å². The Kier molecular flexibility index (Phi) is 10.6.